The normalized spacial score (nSPS) is 10.9. The molecule has 0 heterocycles. The predicted molar refractivity (Wildman–Crippen MR) is 224 cm³/mol. The number of rotatable bonds is 24. The van der Waals surface area contributed by atoms with Gasteiger partial charge in [0.15, 0.2) is 11.5 Å². The fourth-order valence-corrected chi connectivity index (χ4v) is 6.20. The van der Waals surface area contributed by atoms with Crippen LogP contribution in [0.25, 0.3) is 0 Å². The number of hydrogen-bond donors (Lipinski definition) is 0. The topological polar surface area (TPSA) is 77.5 Å². The van der Waals surface area contributed by atoms with Gasteiger partial charge in [-0.2, -0.15) is 0 Å². The van der Waals surface area contributed by atoms with Gasteiger partial charge in [-0.05, 0) is 84.3 Å². The molecule has 8 heteroatoms. The van der Waals surface area contributed by atoms with Crippen molar-refractivity contribution in [1.29, 1.82) is 0 Å². The van der Waals surface area contributed by atoms with E-state index in [9.17, 15) is 9.59 Å². The SMILES string of the molecule is CCCCc1ccc(CN(C(=O)COCCOc2ccccc2OCCOCC(=O)N(Cc2ccc(CCCC)cc2)c2ccccc2)c2ccccc2)cc1. The molecular weight excluding hydrogens is 701 g/mol. The van der Waals surface area contributed by atoms with E-state index in [4.69, 9.17) is 18.9 Å². The van der Waals surface area contributed by atoms with Crippen LogP contribution in [0.4, 0.5) is 11.4 Å². The van der Waals surface area contributed by atoms with Crippen LogP contribution in [0.5, 0.6) is 11.5 Å². The standard InChI is InChI=1S/C48H56N2O6/c1-3-5-15-39-23-27-41(28-24-39)35-49(43-17-9-7-10-18-43)47(51)37-53-31-33-55-45-21-13-14-22-46(45)56-34-32-54-38-48(52)50(44-19-11-8-12-20-44)36-42-29-25-40(26-30-42)16-6-4-2/h7-14,17-30H,3-6,15-16,31-38H2,1-2H3. The van der Waals surface area contributed by atoms with Crippen molar-refractivity contribution in [2.75, 3.05) is 49.4 Å². The molecule has 0 spiro atoms. The summed E-state index contributed by atoms with van der Waals surface area (Å²) in [6.45, 7) is 6.07. The van der Waals surface area contributed by atoms with Crippen LogP contribution in [0.15, 0.2) is 133 Å². The Bertz CT molecular complexity index is 1730. The summed E-state index contributed by atoms with van der Waals surface area (Å²) < 4.78 is 23.5. The molecule has 0 radical (unpaired) electrons. The molecular formula is C48H56N2O6. The largest absolute Gasteiger partial charge is 0.487 e. The summed E-state index contributed by atoms with van der Waals surface area (Å²) in [6.07, 6.45) is 6.77. The predicted octanol–water partition coefficient (Wildman–Crippen LogP) is 9.63. The maximum atomic E-state index is 13.4. The van der Waals surface area contributed by atoms with Gasteiger partial charge in [-0.3, -0.25) is 9.59 Å². The number of carbonyl (C=O) groups excluding carboxylic acids is 2. The van der Waals surface area contributed by atoms with Crippen molar-refractivity contribution >= 4 is 23.2 Å². The van der Waals surface area contributed by atoms with Gasteiger partial charge in [-0.25, -0.2) is 0 Å². The zero-order valence-electron chi connectivity index (χ0n) is 32.9. The summed E-state index contributed by atoms with van der Waals surface area (Å²) >= 11 is 0. The van der Waals surface area contributed by atoms with E-state index in [1.54, 1.807) is 9.80 Å². The van der Waals surface area contributed by atoms with Gasteiger partial charge in [-0.15, -0.1) is 0 Å². The lowest BCUT2D eigenvalue weighted by Crippen LogP contribution is -2.34. The quantitative estimate of drug-likeness (QED) is 0.0584. The van der Waals surface area contributed by atoms with Gasteiger partial charge >= 0.3 is 0 Å². The highest BCUT2D eigenvalue weighted by atomic mass is 16.6. The highest BCUT2D eigenvalue weighted by molar-refractivity contribution is 5.94. The van der Waals surface area contributed by atoms with Crippen molar-refractivity contribution in [3.63, 3.8) is 0 Å². The summed E-state index contributed by atoms with van der Waals surface area (Å²) in [5.41, 5.74) is 6.39. The zero-order chi connectivity index (χ0) is 39.2. The first-order valence-electron chi connectivity index (χ1n) is 19.9. The molecule has 56 heavy (non-hydrogen) atoms. The van der Waals surface area contributed by atoms with Gasteiger partial charge in [-0.1, -0.05) is 124 Å². The number of benzene rings is 5. The molecule has 0 atom stereocenters. The lowest BCUT2D eigenvalue weighted by atomic mass is 10.1. The molecule has 0 bridgehead atoms. The van der Waals surface area contributed by atoms with Crippen LogP contribution in [-0.2, 0) is 45.0 Å². The first-order valence-corrected chi connectivity index (χ1v) is 19.9. The number of aryl methyl sites for hydroxylation is 2. The lowest BCUT2D eigenvalue weighted by molar-refractivity contribution is -0.124. The van der Waals surface area contributed by atoms with Gasteiger partial charge in [0.1, 0.15) is 26.4 Å². The Hall–Kier alpha value is -5.44. The molecule has 0 saturated heterocycles. The second kappa shape index (κ2) is 23.5. The van der Waals surface area contributed by atoms with Crippen LogP contribution in [0.1, 0.15) is 61.8 Å². The minimum Gasteiger partial charge on any atom is -0.487 e. The third-order valence-electron chi connectivity index (χ3n) is 9.37. The first-order chi connectivity index (χ1) is 27.5. The van der Waals surface area contributed by atoms with Crippen molar-refractivity contribution in [1.82, 2.24) is 0 Å². The molecule has 5 rings (SSSR count). The van der Waals surface area contributed by atoms with Crippen LogP contribution in [0.2, 0.25) is 0 Å². The Kier molecular flexibility index (Phi) is 17.5. The number of anilines is 2. The van der Waals surface area contributed by atoms with Crippen LogP contribution in [0.3, 0.4) is 0 Å². The average molecular weight is 757 g/mol. The van der Waals surface area contributed by atoms with E-state index < -0.39 is 0 Å². The number of nitrogens with zero attached hydrogens (tertiary/aromatic N) is 2. The minimum atomic E-state index is -0.128. The molecule has 5 aromatic rings. The van der Waals surface area contributed by atoms with Crippen molar-refractivity contribution in [3.8, 4) is 11.5 Å². The minimum absolute atomic E-state index is 0.0753. The molecule has 0 aliphatic rings. The summed E-state index contributed by atoms with van der Waals surface area (Å²) in [5, 5.41) is 0. The van der Waals surface area contributed by atoms with E-state index in [0.29, 0.717) is 24.6 Å². The molecule has 0 N–H and O–H groups in total. The number of para-hydroxylation sites is 4. The summed E-state index contributed by atoms with van der Waals surface area (Å²) in [4.78, 5) is 30.3. The molecule has 2 amide bonds. The molecule has 5 aromatic carbocycles. The highest BCUT2D eigenvalue weighted by Crippen LogP contribution is 2.26. The molecule has 8 nitrogen and oxygen atoms in total. The zero-order valence-corrected chi connectivity index (χ0v) is 32.9. The van der Waals surface area contributed by atoms with Crippen LogP contribution in [-0.4, -0.2) is 51.5 Å². The second-order valence-corrected chi connectivity index (χ2v) is 13.7. The van der Waals surface area contributed by atoms with Crippen LogP contribution in [0, 0.1) is 0 Å². The number of amides is 2. The van der Waals surface area contributed by atoms with Gasteiger partial charge in [0.05, 0.1) is 26.3 Å². The third-order valence-corrected chi connectivity index (χ3v) is 9.37. The smallest absolute Gasteiger partial charge is 0.253 e. The monoisotopic (exact) mass is 756 g/mol. The van der Waals surface area contributed by atoms with Gasteiger partial charge in [0.25, 0.3) is 11.8 Å². The number of carbonyl (C=O) groups is 2. The van der Waals surface area contributed by atoms with E-state index >= 15 is 0 Å². The summed E-state index contributed by atoms with van der Waals surface area (Å²) in [6, 6.07) is 43.7. The fraction of sp³-hybridized carbons (Fsp3) is 0.333. The maximum Gasteiger partial charge on any atom is 0.253 e. The van der Waals surface area contributed by atoms with Crippen LogP contribution < -0.4 is 19.3 Å². The Morgan fingerprint density at radius 2 is 0.804 bits per heavy atom. The number of ether oxygens (including phenoxy) is 4. The van der Waals surface area contributed by atoms with Crippen molar-refractivity contribution < 1.29 is 28.5 Å². The third kappa shape index (κ3) is 13.7. The number of unbranched alkanes of at least 4 members (excludes halogenated alkanes) is 2. The van der Waals surface area contributed by atoms with Crippen molar-refractivity contribution in [3.05, 3.63) is 156 Å². The molecule has 0 aliphatic carbocycles. The Labute approximate surface area is 333 Å². The molecule has 0 fully saturated rings. The van der Waals surface area contributed by atoms with Gasteiger partial charge in [0.2, 0.25) is 0 Å². The Morgan fingerprint density at radius 1 is 0.446 bits per heavy atom. The Balaban J connectivity index is 1.05. The van der Waals surface area contributed by atoms with E-state index in [1.807, 2.05) is 84.9 Å². The van der Waals surface area contributed by atoms with E-state index in [-0.39, 0.29) is 51.5 Å². The fourth-order valence-electron chi connectivity index (χ4n) is 6.20. The van der Waals surface area contributed by atoms with Crippen molar-refractivity contribution in [2.24, 2.45) is 0 Å². The lowest BCUT2D eigenvalue weighted by Gasteiger charge is -2.23. The first kappa shape index (κ1) is 41.7. The molecule has 0 saturated carbocycles. The van der Waals surface area contributed by atoms with E-state index in [2.05, 4.69) is 62.4 Å². The average Bonchev–Trinajstić information content (AvgIpc) is 3.24. The molecule has 0 unspecified atom stereocenters. The van der Waals surface area contributed by atoms with Crippen LogP contribution >= 0.6 is 0 Å². The Morgan fingerprint density at radius 3 is 1.18 bits per heavy atom. The van der Waals surface area contributed by atoms with E-state index in [0.717, 1.165) is 61.0 Å². The molecule has 294 valence electrons. The maximum absolute atomic E-state index is 13.4. The van der Waals surface area contributed by atoms with Crippen molar-refractivity contribution in [2.45, 2.75) is 65.5 Å². The number of hydrogen-bond acceptors (Lipinski definition) is 6. The molecule has 0 aliphatic heterocycles. The van der Waals surface area contributed by atoms with E-state index in [1.165, 1.54) is 11.1 Å². The van der Waals surface area contributed by atoms with Gasteiger partial charge in [0, 0.05) is 11.4 Å². The summed E-state index contributed by atoms with van der Waals surface area (Å²) in [5.74, 6) is 0.860. The molecule has 0 aromatic heterocycles. The summed E-state index contributed by atoms with van der Waals surface area (Å²) in [7, 11) is 0. The second-order valence-electron chi connectivity index (χ2n) is 13.7. The highest BCUT2D eigenvalue weighted by Gasteiger charge is 2.18. The van der Waals surface area contributed by atoms with Gasteiger partial charge < -0.3 is 28.7 Å².